The third kappa shape index (κ3) is 5.25. The van der Waals surface area contributed by atoms with Crippen LogP contribution in [0.2, 0.25) is 5.15 Å². The summed E-state index contributed by atoms with van der Waals surface area (Å²) in [5, 5.41) is 0.544. The van der Waals surface area contributed by atoms with E-state index in [0.29, 0.717) is 5.15 Å². The van der Waals surface area contributed by atoms with Crippen LogP contribution in [-0.2, 0) is 0 Å². The van der Waals surface area contributed by atoms with Gasteiger partial charge in [-0.15, -0.1) is 0 Å². The van der Waals surface area contributed by atoms with Crippen molar-refractivity contribution in [2.75, 3.05) is 7.05 Å². The number of aromatic nitrogens is 1. The molecular formula is C7H9ClN2. The van der Waals surface area contributed by atoms with Gasteiger partial charge in [0, 0.05) is 13.2 Å². The van der Waals surface area contributed by atoms with E-state index in [9.17, 15) is 0 Å². The predicted molar refractivity (Wildman–Crippen MR) is 44.7 cm³/mol. The number of nitrogens with zero attached hydrogens (tertiary/aromatic N) is 2. The molecule has 0 bridgehead atoms. The van der Waals surface area contributed by atoms with Gasteiger partial charge in [-0.3, -0.25) is 0 Å². The van der Waals surface area contributed by atoms with Crippen LogP contribution in [0.4, 0.5) is 0 Å². The van der Waals surface area contributed by atoms with Gasteiger partial charge >= 0.3 is 0 Å². The minimum Gasteiger partial charge on any atom is -0.304 e. The molecule has 0 N–H and O–H groups in total. The normalized spacial score (nSPS) is 7.40. The van der Waals surface area contributed by atoms with Gasteiger partial charge in [-0.1, -0.05) is 17.7 Å². The van der Waals surface area contributed by atoms with Gasteiger partial charge in [0.15, 0.2) is 0 Å². The number of aliphatic imine (C=N–C) groups is 1. The molecule has 0 atom stereocenters. The SMILES string of the molecule is C=NC.Clc1ccccn1. The Morgan fingerprint density at radius 3 is 2.40 bits per heavy atom. The molecule has 0 amide bonds. The van der Waals surface area contributed by atoms with Crippen molar-refractivity contribution in [2.24, 2.45) is 4.99 Å². The Balaban J connectivity index is 0.000000236. The zero-order valence-electron chi connectivity index (χ0n) is 5.79. The third-order valence-corrected chi connectivity index (χ3v) is 0.852. The fraction of sp³-hybridized carbons (Fsp3) is 0.143. The average Bonchev–Trinajstić information content (AvgIpc) is 1.91. The lowest BCUT2D eigenvalue weighted by molar-refractivity contribution is 1.33. The summed E-state index contributed by atoms with van der Waals surface area (Å²) in [6, 6.07) is 5.41. The zero-order chi connectivity index (χ0) is 7.82. The highest BCUT2D eigenvalue weighted by Gasteiger charge is 1.76. The Labute approximate surface area is 65.6 Å². The second kappa shape index (κ2) is 6.23. The van der Waals surface area contributed by atoms with Gasteiger partial charge in [-0.05, 0) is 18.9 Å². The van der Waals surface area contributed by atoms with Crippen molar-refractivity contribution < 1.29 is 0 Å². The topological polar surface area (TPSA) is 25.2 Å². The second-order valence-electron chi connectivity index (χ2n) is 1.47. The maximum Gasteiger partial charge on any atom is 0.129 e. The smallest absolute Gasteiger partial charge is 0.129 e. The average molecular weight is 157 g/mol. The van der Waals surface area contributed by atoms with Gasteiger partial charge in [0.2, 0.25) is 0 Å². The zero-order valence-corrected chi connectivity index (χ0v) is 6.54. The molecule has 0 aliphatic carbocycles. The molecular weight excluding hydrogens is 148 g/mol. The molecule has 0 spiro atoms. The van der Waals surface area contributed by atoms with Crippen LogP contribution in [0.5, 0.6) is 0 Å². The molecule has 0 saturated heterocycles. The molecule has 1 rings (SSSR count). The quantitative estimate of drug-likeness (QED) is 0.417. The molecule has 0 aromatic carbocycles. The van der Waals surface area contributed by atoms with Crippen molar-refractivity contribution in [3.8, 4) is 0 Å². The first kappa shape index (κ1) is 9.11. The van der Waals surface area contributed by atoms with Crippen LogP contribution in [0.15, 0.2) is 29.4 Å². The Bertz CT molecular complexity index is 174. The van der Waals surface area contributed by atoms with E-state index < -0.39 is 0 Å². The van der Waals surface area contributed by atoms with Gasteiger partial charge in [-0.2, -0.15) is 0 Å². The fourth-order valence-corrected chi connectivity index (χ4v) is 0.471. The van der Waals surface area contributed by atoms with Crippen molar-refractivity contribution in [3.63, 3.8) is 0 Å². The summed E-state index contributed by atoms with van der Waals surface area (Å²) in [7, 11) is 1.64. The maximum atomic E-state index is 5.43. The summed E-state index contributed by atoms with van der Waals surface area (Å²) in [6.07, 6.45) is 1.66. The van der Waals surface area contributed by atoms with Gasteiger partial charge in [0.25, 0.3) is 0 Å². The van der Waals surface area contributed by atoms with Crippen LogP contribution in [0, 0.1) is 0 Å². The molecule has 0 unspecified atom stereocenters. The van der Waals surface area contributed by atoms with E-state index in [1.165, 1.54) is 0 Å². The first-order valence-corrected chi connectivity index (χ1v) is 3.10. The van der Waals surface area contributed by atoms with Crippen LogP contribution in [0.1, 0.15) is 0 Å². The molecule has 1 aromatic heterocycles. The lowest BCUT2D eigenvalue weighted by atomic mass is 10.5. The summed E-state index contributed by atoms with van der Waals surface area (Å²) in [6.45, 7) is 3.11. The van der Waals surface area contributed by atoms with E-state index >= 15 is 0 Å². The van der Waals surface area contributed by atoms with Crippen LogP contribution in [0.25, 0.3) is 0 Å². The highest BCUT2D eigenvalue weighted by atomic mass is 35.5. The Morgan fingerprint density at radius 2 is 2.20 bits per heavy atom. The minimum atomic E-state index is 0.544. The summed E-state index contributed by atoms with van der Waals surface area (Å²) in [5.74, 6) is 0. The molecule has 1 heterocycles. The molecule has 0 aliphatic rings. The second-order valence-corrected chi connectivity index (χ2v) is 1.86. The van der Waals surface area contributed by atoms with E-state index in [2.05, 4.69) is 16.7 Å². The van der Waals surface area contributed by atoms with Crippen molar-refractivity contribution in [3.05, 3.63) is 29.5 Å². The highest BCUT2D eigenvalue weighted by molar-refractivity contribution is 6.29. The lowest BCUT2D eigenvalue weighted by Crippen LogP contribution is -1.65. The first-order valence-electron chi connectivity index (χ1n) is 2.72. The van der Waals surface area contributed by atoms with Gasteiger partial charge in [0.1, 0.15) is 5.15 Å². The summed E-state index contributed by atoms with van der Waals surface area (Å²) in [5.41, 5.74) is 0. The number of rotatable bonds is 0. The summed E-state index contributed by atoms with van der Waals surface area (Å²) in [4.78, 5) is 6.99. The molecule has 10 heavy (non-hydrogen) atoms. The number of hydrogen-bond acceptors (Lipinski definition) is 2. The molecule has 3 heteroatoms. The van der Waals surface area contributed by atoms with E-state index in [0.717, 1.165) is 0 Å². The van der Waals surface area contributed by atoms with Crippen molar-refractivity contribution in [1.82, 2.24) is 4.98 Å². The van der Waals surface area contributed by atoms with Crippen LogP contribution in [0.3, 0.4) is 0 Å². The molecule has 0 aliphatic heterocycles. The first-order chi connectivity index (χ1) is 4.81. The largest absolute Gasteiger partial charge is 0.304 e. The predicted octanol–water partition coefficient (Wildman–Crippen LogP) is 2.05. The van der Waals surface area contributed by atoms with Gasteiger partial charge < -0.3 is 4.99 Å². The van der Waals surface area contributed by atoms with Gasteiger partial charge in [-0.25, -0.2) is 4.98 Å². The Kier molecular flexibility index (Phi) is 5.68. The monoisotopic (exact) mass is 156 g/mol. The molecule has 1 aromatic rings. The number of pyridine rings is 1. The fourth-order valence-electron chi connectivity index (χ4n) is 0.342. The minimum absolute atomic E-state index is 0.544. The molecule has 0 saturated carbocycles. The van der Waals surface area contributed by atoms with Crippen LogP contribution in [-0.4, -0.2) is 18.7 Å². The van der Waals surface area contributed by atoms with Gasteiger partial charge in [0.05, 0.1) is 0 Å². The third-order valence-electron chi connectivity index (χ3n) is 0.629. The standard InChI is InChI=1S/C5H4ClN.C2H5N/c6-5-3-1-2-4-7-5;1-3-2/h1-4H;1H2,2H3. The maximum absolute atomic E-state index is 5.43. The van der Waals surface area contributed by atoms with Crippen LogP contribution >= 0.6 is 11.6 Å². The molecule has 2 nitrogen and oxygen atoms in total. The molecule has 54 valence electrons. The van der Waals surface area contributed by atoms with E-state index in [1.54, 1.807) is 19.3 Å². The van der Waals surface area contributed by atoms with Crippen molar-refractivity contribution >= 4 is 18.3 Å². The lowest BCUT2D eigenvalue weighted by Gasteiger charge is -1.79. The van der Waals surface area contributed by atoms with E-state index in [4.69, 9.17) is 11.6 Å². The summed E-state index contributed by atoms with van der Waals surface area (Å²) < 4.78 is 0. The molecule has 0 fully saturated rings. The van der Waals surface area contributed by atoms with E-state index in [1.807, 2.05) is 12.1 Å². The Hall–Kier alpha value is -0.890. The van der Waals surface area contributed by atoms with Crippen molar-refractivity contribution in [1.29, 1.82) is 0 Å². The summed E-state index contributed by atoms with van der Waals surface area (Å²) >= 11 is 5.43. The number of hydrogen-bond donors (Lipinski definition) is 0. The Morgan fingerprint density at radius 1 is 1.60 bits per heavy atom. The highest BCUT2D eigenvalue weighted by Crippen LogP contribution is 1.98. The van der Waals surface area contributed by atoms with Crippen LogP contribution < -0.4 is 0 Å². The molecule has 0 radical (unpaired) electrons. The van der Waals surface area contributed by atoms with Crippen molar-refractivity contribution in [2.45, 2.75) is 0 Å². The number of halogens is 1. The van der Waals surface area contributed by atoms with E-state index in [-0.39, 0.29) is 0 Å².